The maximum absolute atomic E-state index is 12.4. The number of aryl methyl sites for hydroxylation is 1. The zero-order chi connectivity index (χ0) is 15.5. The van der Waals surface area contributed by atoms with Crippen molar-refractivity contribution < 1.29 is 8.42 Å². The SMILES string of the molecule is CCCNC(c1ccc(C)c(Cl)c1)C1CCCCS1(=O)=O. The van der Waals surface area contributed by atoms with Gasteiger partial charge in [-0.1, -0.05) is 37.1 Å². The molecule has 0 spiro atoms. The standard InChI is InChI=1S/C16H24ClNO2S/c1-3-9-18-16(13-8-7-12(2)14(17)11-13)15-6-4-5-10-21(15,19)20/h7-8,11,15-16,18H,3-6,9-10H2,1-2H3. The highest BCUT2D eigenvalue weighted by atomic mass is 35.5. The normalized spacial score (nSPS) is 22.9. The molecule has 2 atom stereocenters. The van der Waals surface area contributed by atoms with E-state index < -0.39 is 9.84 Å². The maximum atomic E-state index is 12.4. The third-order valence-corrected chi connectivity index (χ3v) is 6.87. The van der Waals surface area contributed by atoms with Crippen molar-refractivity contribution in [1.29, 1.82) is 0 Å². The molecule has 0 radical (unpaired) electrons. The highest BCUT2D eigenvalue weighted by molar-refractivity contribution is 7.92. The van der Waals surface area contributed by atoms with Crippen molar-refractivity contribution in [2.75, 3.05) is 12.3 Å². The van der Waals surface area contributed by atoms with Crippen LogP contribution in [0.5, 0.6) is 0 Å². The summed E-state index contributed by atoms with van der Waals surface area (Å²) in [6.45, 7) is 4.85. The predicted octanol–water partition coefficient (Wildman–Crippen LogP) is 3.66. The first-order valence-electron chi connectivity index (χ1n) is 7.66. The van der Waals surface area contributed by atoms with Crippen molar-refractivity contribution >= 4 is 21.4 Å². The first-order chi connectivity index (χ1) is 9.95. The lowest BCUT2D eigenvalue weighted by molar-refractivity contribution is 0.446. The molecule has 0 bridgehead atoms. The van der Waals surface area contributed by atoms with Gasteiger partial charge in [0, 0.05) is 11.1 Å². The van der Waals surface area contributed by atoms with Crippen molar-refractivity contribution in [2.24, 2.45) is 0 Å². The van der Waals surface area contributed by atoms with Crippen LogP contribution in [0.25, 0.3) is 0 Å². The number of hydrogen-bond acceptors (Lipinski definition) is 3. The molecule has 21 heavy (non-hydrogen) atoms. The van der Waals surface area contributed by atoms with Crippen LogP contribution in [0.1, 0.15) is 49.8 Å². The average Bonchev–Trinajstić information content (AvgIpc) is 2.44. The number of rotatable bonds is 5. The molecule has 2 rings (SSSR count). The minimum Gasteiger partial charge on any atom is -0.309 e. The second kappa shape index (κ2) is 7.12. The molecule has 1 aliphatic rings. The van der Waals surface area contributed by atoms with E-state index in [9.17, 15) is 8.42 Å². The third-order valence-electron chi connectivity index (χ3n) is 4.17. The fraction of sp³-hybridized carbons (Fsp3) is 0.625. The molecule has 118 valence electrons. The summed E-state index contributed by atoms with van der Waals surface area (Å²) in [4.78, 5) is 0. The Labute approximate surface area is 133 Å². The van der Waals surface area contributed by atoms with Crippen molar-refractivity contribution in [2.45, 2.75) is 50.8 Å². The fourth-order valence-electron chi connectivity index (χ4n) is 2.92. The molecule has 1 aromatic carbocycles. The van der Waals surface area contributed by atoms with E-state index in [-0.39, 0.29) is 11.3 Å². The van der Waals surface area contributed by atoms with Gasteiger partial charge in [0.15, 0.2) is 9.84 Å². The van der Waals surface area contributed by atoms with E-state index in [1.807, 2.05) is 25.1 Å². The third kappa shape index (κ3) is 3.99. The molecule has 0 aliphatic carbocycles. The summed E-state index contributed by atoms with van der Waals surface area (Å²) in [6.07, 6.45) is 3.47. The van der Waals surface area contributed by atoms with Crippen molar-refractivity contribution in [1.82, 2.24) is 5.32 Å². The van der Waals surface area contributed by atoms with Gasteiger partial charge >= 0.3 is 0 Å². The lowest BCUT2D eigenvalue weighted by Crippen LogP contribution is -2.40. The second-order valence-corrected chi connectivity index (χ2v) is 8.59. The van der Waals surface area contributed by atoms with Gasteiger partial charge in [0.1, 0.15) is 0 Å². The minimum absolute atomic E-state index is 0.159. The van der Waals surface area contributed by atoms with Crippen LogP contribution in [-0.4, -0.2) is 26.0 Å². The van der Waals surface area contributed by atoms with Crippen LogP contribution in [0.4, 0.5) is 0 Å². The maximum Gasteiger partial charge on any atom is 0.155 e. The van der Waals surface area contributed by atoms with E-state index in [4.69, 9.17) is 11.6 Å². The van der Waals surface area contributed by atoms with Gasteiger partial charge in [0.25, 0.3) is 0 Å². The van der Waals surface area contributed by atoms with Gasteiger partial charge < -0.3 is 5.32 Å². The van der Waals surface area contributed by atoms with Crippen LogP contribution in [0, 0.1) is 6.92 Å². The molecule has 1 heterocycles. The Morgan fingerprint density at radius 3 is 2.76 bits per heavy atom. The van der Waals surface area contributed by atoms with E-state index in [0.29, 0.717) is 10.8 Å². The van der Waals surface area contributed by atoms with Gasteiger partial charge in [0.2, 0.25) is 0 Å². The second-order valence-electron chi connectivity index (χ2n) is 5.84. The Hall–Kier alpha value is -0.580. The van der Waals surface area contributed by atoms with Gasteiger partial charge in [0.05, 0.1) is 11.0 Å². The average molecular weight is 330 g/mol. The summed E-state index contributed by atoms with van der Waals surface area (Å²) in [5, 5.41) is 3.78. The molecule has 1 aliphatic heterocycles. The van der Waals surface area contributed by atoms with Crippen LogP contribution in [0.2, 0.25) is 5.02 Å². The molecule has 3 nitrogen and oxygen atoms in total. The minimum atomic E-state index is -3.03. The highest BCUT2D eigenvalue weighted by Gasteiger charge is 2.36. The van der Waals surface area contributed by atoms with Gasteiger partial charge in [-0.15, -0.1) is 0 Å². The summed E-state index contributed by atoms with van der Waals surface area (Å²) in [5.41, 5.74) is 2.00. The molecule has 5 heteroatoms. The van der Waals surface area contributed by atoms with Crippen molar-refractivity contribution in [3.8, 4) is 0 Å². The smallest absolute Gasteiger partial charge is 0.155 e. The molecular formula is C16H24ClNO2S. The van der Waals surface area contributed by atoms with Gasteiger partial charge in [-0.05, 0) is 49.9 Å². The van der Waals surface area contributed by atoms with Gasteiger partial charge in [-0.25, -0.2) is 8.42 Å². The number of benzene rings is 1. The van der Waals surface area contributed by atoms with Gasteiger partial charge in [-0.2, -0.15) is 0 Å². The zero-order valence-electron chi connectivity index (χ0n) is 12.7. The lowest BCUT2D eigenvalue weighted by atomic mass is 9.98. The van der Waals surface area contributed by atoms with Crippen molar-refractivity contribution in [3.63, 3.8) is 0 Å². The Morgan fingerprint density at radius 2 is 2.14 bits per heavy atom. The summed E-state index contributed by atoms with van der Waals surface area (Å²) < 4.78 is 24.9. The predicted molar refractivity (Wildman–Crippen MR) is 88.6 cm³/mol. The summed E-state index contributed by atoms with van der Waals surface area (Å²) in [7, 11) is -3.03. The van der Waals surface area contributed by atoms with Crippen LogP contribution in [0.3, 0.4) is 0 Å². The molecule has 0 amide bonds. The van der Waals surface area contributed by atoms with E-state index in [1.165, 1.54) is 0 Å². The lowest BCUT2D eigenvalue weighted by Gasteiger charge is -2.31. The van der Waals surface area contributed by atoms with Crippen LogP contribution >= 0.6 is 11.6 Å². The molecule has 1 fully saturated rings. The van der Waals surface area contributed by atoms with Crippen LogP contribution in [0.15, 0.2) is 18.2 Å². The fourth-order valence-corrected chi connectivity index (χ4v) is 5.21. The number of hydrogen-bond donors (Lipinski definition) is 1. The first kappa shape index (κ1) is 16.8. The van der Waals surface area contributed by atoms with Crippen LogP contribution in [-0.2, 0) is 9.84 Å². The highest BCUT2D eigenvalue weighted by Crippen LogP contribution is 2.32. The van der Waals surface area contributed by atoms with E-state index in [2.05, 4.69) is 12.2 Å². The summed E-state index contributed by atoms with van der Waals surface area (Å²) >= 11 is 6.22. The number of nitrogens with one attached hydrogen (secondary N) is 1. The van der Waals surface area contributed by atoms with Gasteiger partial charge in [-0.3, -0.25) is 0 Å². The molecule has 1 saturated heterocycles. The van der Waals surface area contributed by atoms with Crippen LogP contribution < -0.4 is 5.32 Å². The molecule has 0 aromatic heterocycles. The first-order valence-corrected chi connectivity index (χ1v) is 9.76. The summed E-state index contributed by atoms with van der Waals surface area (Å²) in [6, 6.07) is 5.72. The topological polar surface area (TPSA) is 46.2 Å². The molecular weight excluding hydrogens is 306 g/mol. The van der Waals surface area contributed by atoms with E-state index in [0.717, 1.165) is 43.4 Å². The Kier molecular flexibility index (Phi) is 5.69. The largest absolute Gasteiger partial charge is 0.309 e. The summed E-state index contributed by atoms with van der Waals surface area (Å²) in [5.74, 6) is 0.307. The van der Waals surface area contributed by atoms with E-state index >= 15 is 0 Å². The monoisotopic (exact) mass is 329 g/mol. The zero-order valence-corrected chi connectivity index (χ0v) is 14.3. The Balaban J connectivity index is 2.35. The van der Waals surface area contributed by atoms with E-state index in [1.54, 1.807) is 0 Å². The molecule has 2 unspecified atom stereocenters. The number of sulfone groups is 1. The number of halogens is 1. The molecule has 1 aromatic rings. The molecule has 1 N–H and O–H groups in total. The quantitative estimate of drug-likeness (QED) is 0.896. The molecule has 0 saturated carbocycles. The Bertz CT molecular complexity index is 586. The van der Waals surface area contributed by atoms with Crippen molar-refractivity contribution in [3.05, 3.63) is 34.3 Å². The Morgan fingerprint density at radius 1 is 1.38 bits per heavy atom.